The van der Waals surface area contributed by atoms with E-state index in [0.717, 1.165) is 12.8 Å². The summed E-state index contributed by atoms with van der Waals surface area (Å²) in [5.74, 6) is 0.377. The first kappa shape index (κ1) is 19.2. The second-order valence-electron chi connectivity index (χ2n) is 6.39. The molecule has 0 aliphatic heterocycles. The molecule has 128 valence electrons. The van der Waals surface area contributed by atoms with E-state index in [-0.39, 0.29) is 11.8 Å². The average molecular weight is 318 g/mol. The molecule has 2 amide bonds. The Balaban J connectivity index is 2.70. The third kappa shape index (κ3) is 6.85. The van der Waals surface area contributed by atoms with E-state index in [9.17, 15) is 9.59 Å². The molecule has 0 saturated heterocycles. The van der Waals surface area contributed by atoms with Gasteiger partial charge in [-0.2, -0.15) is 0 Å². The van der Waals surface area contributed by atoms with Crippen molar-refractivity contribution in [3.8, 4) is 0 Å². The molecule has 0 fully saturated rings. The van der Waals surface area contributed by atoms with Crippen LogP contribution in [0.2, 0.25) is 0 Å². The Kier molecular flexibility index (Phi) is 8.38. The maximum absolute atomic E-state index is 12.4. The van der Waals surface area contributed by atoms with Gasteiger partial charge in [-0.1, -0.05) is 51.1 Å². The highest BCUT2D eigenvalue weighted by Gasteiger charge is 2.24. The molecule has 4 heteroatoms. The quantitative estimate of drug-likeness (QED) is 0.761. The summed E-state index contributed by atoms with van der Waals surface area (Å²) in [4.78, 5) is 26.4. The smallest absolute Gasteiger partial charge is 0.242 e. The first-order valence-electron chi connectivity index (χ1n) is 8.56. The summed E-state index contributed by atoms with van der Waals surface area (Å²) in [5.41, 5.74) is 1.18. The van der Waals surface area contributed by atoms with Gasteiger partial charge in [0, 0.05) is 19.5 Å². The summed E-state index contributed by atoms with van der Waals surface area (Å²) < 4.78 is 0. The van der Waals surface area contributed by atoms with Crippen molar-refractivity contribution < 1.29 is 9.59 Å². The highest BCUT2D eigenvalue weighted by atomic mass is 16.2. The van der Waals surface area contributed by atoms with E-state index in [1.807, 2.05) is 44.2 Å². The molecule has 0 radical (unpaired) electrons. The number of benzene rings is 1. The highest BCUT2D eigenvalue weighted by molar-refractivity contribution is 5.87. The highest BCUT2D eigenvalue weighted by Crippen LogP contribution is 2.08. The maximum Gasteiger partial charge on any atom is 0.242 e. The summed E-state index contributed by atoms with van der Waals surface area (Å²) in [6.45, 7) is 9.11. The van der Waals surface area contributed by atoms with Gasteiger partial charge in [0.15, 0.2) is 0 Å². The number of carbonyl (C=O) groups is 2. The predicted octanol–water partition coefficient (Wildman–Crippen LogP) is 3.02. The fourth-order valence-electron chi connectivity index (χ4n) is 2.38. The minimum atomic E-state index is -0.434. The van der Waals surface area contributed by atoms with E-state index in [1.54, 1.807) is 4.90 Å². The molecule has 1 aromatic carbocycles. The van der Waals surface area contributed by atoms with Gasteiger partial charge in [-0.05, 0) is 31.2 Å². The van der Waals surface area contributed by atoms with Gasteiger partial charge in [-0.15, -0.1) is 0 Å². The van der Waals surface area contributed by atoms with Crippen molar-refractivity contribution in [3.63, 3.8) is 0 Å². The molecular formula is C19H30N2O2. The molecule has 23 heavy (non-hydrogen) atoms. The van der Waals surface area contributed by atoms with Crippen LogP contribution in [0.5, 0.6) is 0 Å². The number of nitrogens with zero attached hydrogens (tertiary/aromatic N) is 1. The molecule has 0 heterocycles. The Labute approximate surface area is 140 Å². The lowest BCUT2D eigenvalue weighted by Gasteiger charge is -2.29. The number of hydrogen-bond donors (Lipinski definition) is 1. The van der Waals surface area contributed by atoms with E-state index in [2.05, 4.69) is 19.2 Å². The van der Waals surface area contributed by atoms with Crippen molar-refractivity contribution in [3.05, 3.63) is 35.9 Å². The van der Waals surface area contributed by atoms with Crippen molar-refractivity contribution in [2.24, 2.45) is 5.92 Å². The van der Waals surface area contributed by atoms with Crippen LogP contribution >= 0.6 is 0 Å². The van der Waals surface area contributed by atoms with Crippen molar-refractivity contribution >= 4 is 11.8 Å². The molecule has 4 nitrogen and oxygen atoms in total. The molecule has 0 bridgehead atoms. The Morgan fingerprint density at radius 2 is 1.78 bits per heavy atom. The molecule has 1 aromatic rings. The first-order valence-corrected chi connectivity index (χ1v) is 8.56. The zero-order valence-corrected chi connectivity index (χ0v) is 14.8. The molecule has 0 aliphatic carbocycles. The van der Waals surface area contributed by atoms with Crippen LogP contribution in [0.15, 0.2) is 30.3 Å². The minimum absolute atomic E-state index is 0.0515. The number of rotatable bonds is 9. The lowest BCUT2D eigenvalue weighted by atomic mass is 10.1. The average Bonchev–Trinajstić information content (AvgIpc) is 2.53. The molecule has 0 aliphatic rings. The Hall–Kier alpha value is -1.84. The Morgan fingerprint density at radius 3 is 2.35 bits per heavy atom. The first-order chi connectivity index (χ1) is 11.0. The molecule has 0 aromatic heterocycles. The van der Waals surface area contributed by atoms with Gasteiger partial charge in [0.05, 0.1) is 0 Å². The summed E-state index contributed by atoms with van der Waals surface area (Å²) >= 11 is 0. The van der Waals surface area contributed by atoms with E-state index >= 15 is 0 Å². The van der Waals surface area contributed by atoms with Crippen LogP contribution in [0, 0.1) is 5.92 Å². The van der Waals surface area contributed by atoms with E-state index < -0.39 is 6.04 Å². The van der Waals surface area contributed by atoms with Gasteiger partial charge in [0.1, 0.15) is 6.04 Å². The summed E-state index contributed by atoms with van der Waals surface area (Å²) in [5, 5.41) is 2.92. The fraction of sp³-hybridized carbons (Fsp3) is 0.579. The van der Waals surface area contributed by atoms with Gasteiger partial charge in [0.25, 0.3) is 0 Å². The molecule has 0 unspecified atom stereocenters. The number of carbonyl (C=O) groups excluding carboxylic acids is 2. The summed E-state index contributed by atoms with van der Waals surface area (Å²) in [6, 6.07) is 9.62. The lowest BCUT2D eigenvalue weighted by Crippen LogP contribution is -2.49. The van der Waals surface area contributed by atoms with Crippen LogP contribution in [0.3, 0.4) is 0 Å². The fourth-order valence-corrected chi connectivity index (χ4v) is 2.38. The van der Waals surface area contributed by atoms with Gasteiger partial charge in [0.2, 0.25) is 11.8 Å². The van der Waals surface area contributed by atoms with Crippen LogP contribution < -0.4 is 5.32 Å². The number of hydrogen-bond acceptors (Lipinski definition) is 2. The third-order valence-electron chi connectivity index (χ3n) is 3.80. The third-order valence-corrected chi connectivity index (χ3v) is 3.80. The molecule has 1 atom stereocenters. The molecule has 0 saturated carbocycles. The predicted molar refractivity (Wildman–Crippen MR) is 94.1 cm³/mol. The van der Waals surface area contributed by atoms with Gasteiger partial charge >= 0.3 is 0 Å². The van der Waals surface area contributed by atoms with E-state index in [0.29, 0.717) is 25.4 Å². The largest absolute Gasteiger partial charge is 0.354 e. The van der Waals surface area contributed by atoms with Gasteiger partial charge in [-0.25, -0.2) is 0 Å². The van der Waals surface area contributed by atoms with Crippen LogP contribution in [0.1, 0.15) is 46.1 Å². The van der Waals surface area contributed by atoms with Crippen molar-refractivity contribution in [2.75, 3.05) is 13.1 Å². The normalized spacial score (nSPS) is 12.0. The SMILES string of the molecule is CCCC(=O)N(CCc1ccccc1)[C@H](C)C(=O)NCC(C)C. The monoisotopic (exact) mass is 318 g/mol. The van der Waals surface area contributed by atoms with Crippen LogP contribution in [0.4, 0.5) is 0 Å². The maximum atomic E-state index is 12.4. The molecular weight excluding hydrogens is 288 g/mol. The van der Waals surface area contributed by atoms with Gasteiger partial charge in [-0.3, -0.25) is 9.59 Å². The zero-order chi connectivity index (χ0) is 17.2. The lowest BCUT2D eigenvalue weighted by molar-refractivity contribution is -0.140. The summed E-state index contributed by atoms with van der Waals surface area (Å²) in [7, 11) is 0. The number of amides is 2. The minimum Gasteiger partial charge on any atom is -0.354 e. The van der Waals surface area contributed by atoms with Crippen LogP contribution in [-0.2, 0) is 16.0 Å². The van der Waals surface area contributed by atoms with E-state index in [1.165, 1.54) is 5.56 Å². The molecule has 1 N–H and O–H groups in total. The zero-order valence-electron chi connectivity index (χ0n) is 14.8. The van der Waals surface area contributed by atoms with Crippen LogP contribution in [-0.4, -0.2) is 35.8 Å². The molecule has 0 spiro atoms. The van der Waals surface area contributed by atoms with Crippen LogP contribution in [0.25, 0.3) is 0 Å². The second-order valence-corrected chi connectivity index (χ2v) is 6.39. The van der Waals surface area contributed by atoms with E-state index in [4.69, 9.17) is 0 Å². The summed E-state index contributed by atoms with van der Waals surface area (Å²) in [6.07, 6.45) is 2.04. The number of nitrogens with one attached hydrogen (secondary N) is 1. The Morgan fingerprint density at radius 1 is 1.13 bits per heavy atom. The van der Waals surface area contributed by atoms with Crippen molar-refractivity contribution in [2.45, 2.75) is 53.0 Å². The van der Waals surface area contributed by atoms with Gasteiger partial charge < -0.3 is 10.2 Å². The topological polar surface area (TPSA) is 49.4 Å². The van der Waals surface area contributed by atoms with Crippen molar-refractivity contribution in [1.29, 1.82) is 0 Å². The second kappa shape index (κ2) is 10.0. The standard InChI is InChI=1S/C19H30N2O2/c1-5-9-18(22)21(13-12-17-10-7-6-8-11-17)16(4)19(23)20-14-15(2)3/h6-8,10-11,15-16H,5,9,12-14H2,1-4H3,(H,20,23)/t16-/m1/s1. The van der Waals surface area contributed by atoms with Crippen molar-refractivity contribution in [1.82, 2.24) is 10.2 Å². The Bertz CT molecular complexity index is 485. The molecule has 1 rings (SSSR count).